The van der Waals surface area contributed by atoms with Crippen molar-refractivity contribution in [3.05, 3.63) is 86.9 Å². The third kappa shape index (κ3) is 5.78. The van der Waals surface area contributed by atoms with Crippen molar-refractivity contribution >= 4 is 46.2 Å². The zero-order valence-electron chi connectivity index (χ0n) is 16.9. The van der Waals surface area contributed by atoms with Gasteiger partial charge in [-0.25, -0.2) is 0 Å². The van der Waals surface area contributed by atoms with Crippen LogP contribution in [0.3, 0.4) is 0 Å². The molecule has 1 aliphatic rings. The molecule has 31 heavy (non-hydrogen) atoms. The zero-order valence-corrected chi connectivity index (χ0v) is 19.2. The molecule has 3 aromatic carbocycles. The van der Waals surface area contributed by atoms with Crippen molar-refractivity contribution in [2.75, 3.05) is 36.5 Å². The predicted octanol–water partition coefficient (Wildman–Crippen LogP) is 6.67. The topological polar surface area (TPSA) is 33.7 Å². The van der Waals surface area contributed by atoms with E-state index in [2.05, 4.69) is 22.3 Å². The van der Waals surface area contributed by atoms with Crippen LogP contribution in [0.15, 0.2) is 60.7 Å². The van der Waals surface area contributed by atoms with Crippen LogP contribution in [0.1, 0.15) is 11.1 Å². The van der Waals surface area contributed by atoms with Gasteiger partial charge in [0.1, 0.15) is 12.4 Å². The van der Waals surface area contributed by atoms with Crippen molar-refractivity contribution in [1.82, 2.24) is 0 Å². The molecule has 0 aromatic heterocycles. The van der Waals surface area contributed by atoms with E-state index in [4.69, 9.17) is 44.3 Å². The first-order valence-electron chi connectivity index (χ1n) is 10.1. The number of anilines is 2. The van der Waals surface area contributed by atoms with Crippen LogP contribution in [0, 0.1) is 0 Å². The second-order valence-corrected chi connectivity index (χ2v) is 8.49. The molecule has 0 saturated carbocycles. The molecule has 1 saturated heterocycles. The van der Waals surface area contributed by atoms with Gasteiger partial charge in [0.15, 0.2) is 0 Å². The monoisotopic (exact) mass is 476 g/mol. The Morgan fingerprint density at radius 3 is 2.45 bits per heavy atom. The SMILES string of the molecule is Clc1ccc(COc2ccccc2CNc2ccc(N3CCOCC3)c(Cl)c2)cc1Cl. The lowest BCUT2D eigenvalue weighted by Crippen LogP contribution is -2.36. The number of rotatable bonds is 7. The molecular weight excluding hydrogens is 455 g/mol. The molecule has 1 aliphatic heterocycles. The lowest BCUT2D eigenvalue weighted by molar-refractivity contribution is 0.122. The first kappa shape index (κ1) is 22.1. The number of halogens is 3. The fourth-order valence-corrected chi connectivity index (χ4v) is 4.08. The molecule has 0 unspecified atom stereocenters. The second-order valence-electron chi connectivity index (χ2n) is 7.26. The van der Waals surface area contributed by atoms with Crippen LogP contribution in [0.2, 0.25) is 15.1 Å². The maximum absolute atomic E-state index is 6.55. The Balaban J connectivity index is 1.39. The third-order valence-corrected chi connectivity index (χ3v) is 6.18. The highest BCUT2D eigenvalue weighted by molar-refractivity contribution is 6.42. The molecule has 4 rings (SSSR count). The second kappa shape index (κ2) is 10.5. The summed E-state index contributed by atoms with van der Waals surface area (Å²) < 4.78 is 11.5. The largest absolute Gasteiger partial charge is 0.489 e. The number of ether oxygens (including phenoxy) is 2. The van der Waals surface area contributed by atoms with Crippen LogP contribution in [-0.2, 0) is 17.9 Å². The lowest BCUT2D eigenvalue weighted by atomic mass is 10.2. The van der Waals surface area contributed by atoms with Crippen LogP contribution < -0.4 is 15.0 Å². The highest BCUT2D eigenvalue weighted by Gasteiger charge is 2.14. The quantitative estimate of drug-likeness (QED) is 0.412. The first-order valence-corrected chi connectivity index (χ1v) is 11.2. The molecule has 0 radical (unpaired) electrons. The molecule has 0 spiro atoms. The van der Waals surface area contributed by atoms with Gasteiger partial charge in [0.25, 0.3) is 0 Å². The maximum Gasteiger partial charge on any atom is 0.124 e. The number of hydrogen-bond donors (Lipinski definition) is 1. The lowest BCUT2D eigenvalue weighted by Gasteiger charge is -2.29. The minimum absolute atomic E-state index is 0.411. The van der Waals surface area contributed by atoms with Crippen LogP contribution in [0.25, 0.3) is 0 Å². The van der Waals surface area contributed by atoms with E-state index in [1.54, 1.807) is 6.07 Å². The number of benzene rings is 3. The molecule has 4 nitrogen and oxygen atoms in total. The summed E-state index contributed by atoms with van der Waals surface area (Å²) in [6, 6.07) is 19.5. The minimum atomic E-state index is 0.411. The van der Waals surface area contributed by atoms with Crippen molar-refractivity contribution in [2.45, 2.75) is 13.2 Å². The summed E-state index contributed by atoms with van der Waals surface area (Å²) in [5.74, 6) is 0.817. The third-order valence-electron chi connectivity index (χ3n) is 5.13. The normalized spacial score (nSPS) is 13.8. The van der Waals surface area contributed by atoms with E-state index in [1.807, 2.05) is 42.5 Å². The Morgan fingerprint density at radius 2 is 1.68 bits per heavy atom. The van der Waals surface area contributed by atoms with Gasteiger partial charge in [-0.3, -0.25) is 0 Å². The van der Waals surface area contributed by atoms with Crippen LogP contribution >= 0.6 is 34.8 Å². The van der Waals surface area contributed by atoms with Crippen molar-refractivity contribution in [3.8, 4) is 5.75 Å². The van der Waals surface area contributed by atoms with Gasteiger partial charge in [-0.2, -0.15) is 0 Å². The smallest absolute Gasteiger partial charge is 0.124 e. The van der Waals surface area contributed by atoms with Crippen molar-refractivity contribution in [1.29, 1.82) is 0 Å². The molecule has 0 amide bonds. The molecule has 3 aromatic rings. The van der Waals surface area contributed by atoms with Gasteiger partial charge in [0.05, 0.1) is 34.0 Å². The fraction of sp³-hybridized carbons (Fsp3) is 0.250. The number of nitrogens with zero attached hydrogens (tertiary/aromatic N) is 1. The van der Waals surface area contributed by atoms with Gasteiger partial charge in [-0.1, -0.05) is 59.1 Å². The van der Waals surface area contributed by atoms with Gasteiger partial charge in [-0.05, 0) is 42.0 Å². The average Bonchev–Trinajstić information content (AvgIpc) is 2.79. The number of nitrogens with one attached hydrogen (secondary N) is 1. The van der Waals surface area contributed by atoms with E-state index in [0.717, 1.165) is 59.6 Å². The molecule has 7 heteroatoms. The maximum atomic E-state index is 6.55. The first-order chi connectivity index (χ1) is 15.1. The van der Waals surface area contributed by atoms with Gasteiger partial charge in [-0.15, -0.1) is 0 Å². The van der Waals surface area contributed by atoms with Crippen LogP contribution in [0.5, 0.6) is 5.75 Å². The average molecular weight is 478 g/mol. The van der Waals surface area contributed by atoms with E-state index in [9.17, 15) is 0 Å². The number of para-hydroxylation sites is 1. The van der Waals surface area contributed by atoms with Crippen molar-refractivity contribution in [3.63, 3.8) is 0 Å². The highest BCUT2D eigenvalue weighted by atomic mass is 35.5. The van der Waals surface area contributed by atoms with Gasteiger partial charge < -0.3 is 19.7 Å². The van der Waals surface area contributed by atoms with E-state index in [1.165, 1.54) is 0 Å². The molecule has 1 N–H and O–H groups in total. The van der Waals surface area contributed by atoms with E-state index < -0.39 is 0 Å². The Morgan fingerprint density at radius 1 is 0.871 bits per heavy atom. The Hall–Kier alpha value is -2.11. The standard InChI is InChI=1S/C24H23Cl3N2O2/c25-20-7-5-17(13-21(20)26)16-31-24-4-2-1-3-18(24)15-28-19-6-8-23(22(27)14-19)29-9-11-30-12-10-29/h1-8,13-14,28H,9-12,15-16H2. The van der Waals surface area contributed by atoms with Gasteiger partial charge in [0, 0.05) is 30.9 Å². The summed E-state index contributed by atoms with van der Waals surface area (Å²) in [4.78, 5) is 2.25. The Bertz CT molecular complexity index is 1040. The number of hydrogen-bond acceptors (Lipinski definition) is 4. The van der Waals surface area contributed by atoms with E-state index in [0.29, 0.717) is 23.2 Å². The Kier molecular flexibility index (Phi) is 7.46. The predicted molar refractivity (Wildman–Crippen MR) is 129 cm³/mol. The molecule has 0 aliphatic carbocycles. The molecular formula is C24H23Cl3N2O2. The summed E-state index contributed by atoms with van der Waals surface area (Å²) in [6.07, 6.45) is 0. The summed E-state index contributed by atoms with van der Waals surface area (Å²) >= 11 is 18.6. The van der Waals surface area contributed by atoms with Crippen molar-refractivity contribution < 1.29 is 9.47 Å². The van der Waals surface area contributed by atoms with Crippen LogP contribution in [0.4, 0.5) is 11.4 Å². The molecule has 162 valence electrons. The van der Waals surface area contributed by atoms with Crippen molar-refractivity contribution in [2.24, 2.45) is 0 Å². The molecule has 0 atom stereocenters. The fourth-order valence-electron chi connectivity index (χ4n) is 3.46. The summed E-state index contributed by atoms with van der Waals surface area (Å²) in [7, 11) is 0. The van der Waals surface area contributed by atoms with Gasteiger partial charge >= 0.3 is 0 Å². The molecule has 0 bridgehead atoms. The molecule has 1 heterocycles. The highest BCUT2D eigenvalue weighted by Crippen LogP contribution is 2.30. The van der Waals surface area contributed by atoms with E-state index in [-0.39, 0.29) is 0 Å². The minimum Gasteiger partial charge on any atom is -0.489 e. The van der Waals surface area contributed by atoms with E-state index >= 15 is 0 Å². The number of morpholine rings is 1. The summed E-state index contributed by atoms with van der Waals surface area (Å²) in [6.45, 7) is 4.20. The summed E-state index contributed by atoms with van der Waals surface area (Å²) in [5.41, 5.74) is 4.01. The zero-order chi connectivity index (χ0) is 21.6. The summed E-state index contributed by atoms with van der Waals surface area (Å²) in [5, 5.41) is 5.23. The van der Waals surface area contributed by atoms with Crippen LogP contribution in [-0.4, -0.2) is 26.3 Å². The molecule has 1 fully saturated rings. The Labute approximate surface area is 197 Å². The van der Waals surface area contributed by atoms with Gasteiger partial charge in [0.2, 0.25) is 0 Å².